The van der Waals surface area contributed by atoms with E-state index in [0.29, 0.717) is 11.4 Å². The molecule has 0 aromatic heterocycles. The zero-order valence-corrected chi connectivity index (χ0v) is 10.6. The van der Waals surface area contributed by atoms with E-state index in [-0.39, 0.29) is 18.2 Å². The molecule has 0 radical (unpaired) electrons. The molecule has 0 saturated heterocycles. The molecular weight excluding hydrogens is 226 g/mol. The van der Waals surface area contributed by atoms with Crippen LogP contribution < -0.4 is 10.6 Å². The molecule has 6 heteroatoms. The Morgan fingerprint density at radius 1 is 1.44 bits per heavy atom. The Hall–Kier alpha value is -1.30. The molecule has 0 aliphatic carbocycles. The van der Waals surface area contributed by atoms with E-state index in [1.807, 2.05) is 0 Å². The molecule has 2 amide bonds. The molecule has 0 aliphatic heterocycles. The molecule has 0 aliphatic rings. The van der Waals surface area contributed by atoms with Gasteiger partial charge >= 0.3 is 0 Å². The van der Waals surface area contributed by atoms with E-state index in [1.54, 1.807) is 26.4 Å². The summed E-state index contributed by atoms with van der Waals surface area (Å²) in [6.07, 6.45) is 5.18. The van der Waals surface area contributed by atoms with E-state index in [4.69, 9.17) is 0 Å². The second kappa shape index (κ2) is 8.96. The van der Waals surface area contributed by atoms with Crippen molar-refractivity contribution in [2.75, 3.05) is 19.8 Å². The Balaban J connectivity index is 4.08. The van der Waals surface area contributed by atoms with Crippen LogP contribution in [0.2, 0.25) is 0 Å². The lowest BCUT2D eigenvalue weighted by molar-refractivity contribution is -0.120. The molecule has 0 bridgehead atoms. The number of nitrogens with one attached hydrogen (secondary N) is 2. The summed E-state index contributed by atoms with van der Waals surface area (Å²) < 4.78 is 0. The van der Waals surface area contributed by atoms with Gasteiger partial charge in [0, 0.05) is 32.4 Å². The van der Waals surface area contributed by atoms with Gasteiger partial charge < -0.3 is 10.6 Å². The molecule has 16 heavy (non-hydrogen) atoms. The van der Waals surface area contributed by atoms with Crippen LogP contribution in [0.25, 0.3) is 0 Å². The van der Waals surface area contributed by atoms with Gasteiger partial charge in [0.1, 0.15) is 0 Å². The lowest BCUT2D eigenvalue weighted by atomic mass is 10.4. The predicted octanol–water partition coefficient (Wildman–Crippen LogP) is 0.534. The highest BCUT2D eigenvalue weighted by atomic mass is 32.2. The number of hydrogen-bond acceptors (Lipinski definition) is 4. The van der Waals surface area contributed by atoms with Crippen LogP contribution in [0, 0.1) is 0 Å². The molecule has 0 atom stereocenters. The van der Waals surface area contributed by atoms with Crippen molar-refractivity contribution < 1.29 is 9.59 Å². The van der Waals surface area contributed by atoms with Gasteiger partial charge in [-0.2, -0.15) is 0 Å². The third-order valence-corrected chi connectivity index (χ3v) is 2.43. The quantitative estimate of drug-likeness (QED) is 0.528. The lowest BCUT2D eigenvalue weighted by Gasteiger charge is -2.05. The van der Waals surface area contributed by atoms with Gasteiger partial charge in [-0.1, -0.05) is 0 Å². The first kappa shape index (κ1) is 14.7. The van der Waals surface area contributed by atoms with Crippen LogP contribution >= 0.6 is 11.8 Å². The maximum absolute atomic E-state index is 11.5. The summed E-state index contributed by atoms with van der Waals surface area (Å²) in [4.78, 5) is 26.8. The zero-order chi connectivity index (χ0) is 12.4. The lowest BCUT2D eigenvalue weighted by Crippen LogP contribution is -2.29. The Kier molecular flexibility index (Phi) is 8.24. The smallest absolute Gasteiger partial charge is 0.259 e. The van der Waals surface area contributed by atoms with E-state index in [9.17, 15) is 9.59 Å². The Morgan fingerprint density at radius 2 is 2.12 bits per heavy atom. The average Bonchev–Trinajstić information content (AvgIpc) is 2.29. The first-order valence-electron chi connectivity index (χ1n) is 4.86. The van der Waals surface area contributed by atoms with Crippen molar-refractivity contribution in [1.29, 1.82) is 0 Å². The average molecular weight is 243 g/mol. The molecule has 0 heterocycles. The molecular formula is C10H17N3O2S. The summed E-state index contributed by atoms with van der Waals surface area (Å²) in [5.41, 5.74) is 0. The van der Waals surface area contributed by atoms with Crippen LogP contribution in [0.4, 0.5) is 0 Å². The van der Waals surface area contributed by atoms with Crippen molar-refractivity contribution in [2.45, 2.75) is 13.3 Å². The standard InChI is InChI=1S/C10H17N3O2S/c1-4-12-7-8(16-3)10(15)13-6-5-9(14)11-2/h4,7H,5-6H2,1-3H3,(H,11,14)(H,13,15)/b8-7-,12-4+. The van der Waals surface area contributed by atoms with Gasteiger partial charge in [0.15, 0.2) is 0 Å². The third kappa shape index (κ3) is 6.23. The number of aliphatic imine (C=N–C) groups is 1. The number of carbonyl (C=O) groups is 2. The van der Waals surface area contributed by atoms with Gasteiger partial charge in [0.05, 0.1) is 4.91 Å². The van der Waals surface area contributed by atoms with Crippen molar-refractivity contribution >= 4 is 29.8 Å². The Morgan fingerprint density at radius 3 is 2.62 bits per heavy atom. The van der Waals surface area contributed by atoms with Crippen molar-refractivity contribution in [3.63, 3.8) is 0 Å². The number of nitrogens with zero attached hydrogens (tertiary/aromatic N) is 1. The molecule has 5 nitrogen and oxygen atoms in total. The van der Waals surface area contributed by atoms with E-state index in [2.05, 4.69) is 15.6 Å². The summed E-state index contributed by atoms with van der Waals surface area (Å²) in [5.74, 6) is -0.302. The minimum Gasteiger partial charge on any atom is -0.359 e. The highest BCUT2D eigenvalue weighted by Crippen LogP contribution is 2.11. The molecule has 2 N–H and O–H groups in total. The molecule has 90 valence electrons. The summed E-state index contributed by atoms with van der Waals surface area (Å²) >= 11 is 1.32. The highest BCUT2D eigenvalue weighted by molar-refractivity contribution is 8.03. The van der Waals surface area contributed by atoms with Gasteiger partial charge in [-0.05, 0) is 13.2 Å². The summed E-state index contributed by atoms with van der Waals surface area (Å²) in [7, 11) is 1.56. The van der Waals surface area contributed by atoms with Gasteiger partial charge in [0.25, 0.3) is 5.91 Å². The van der Waals surface area contributed by atoms with Crippen LogP contribution in [-0.4, -0.2) is 37.9 Å². The molecule has 0 aromatic rings. The fourth-order valence-electron chi connectivity index (χ4n) is 0.848. The van der Waals surface area contributed by atoms with E-state index in [1.165, 1.54) is 18.0 Å². The highest BCUT2D eigenvalue weighted by Gasteiger charge is 2.07. The Labute approximate surface area is 99.8 Å². The van der Waals surface area contributed by atoms with Crippen molar-refractivity contribution in [3.8, 4) is 0 Å². The van der Waals surface area contributed by atoms with Gasteiger partial charge in [-0.3, -0.25) is 14.6 Å². The first-order chi connectivity index (χ1) is 7.65. The summed E-state index contributed by atoms with van der Waals surface area (Å²) in [6, 6.07) is 0. The normalized spacial score (nSPS) is 11.6. The molecule has 0 unspecified atom stereocenters. The van der Waals surface area contributed by atoms with Gasteiger partial charge in [-0.25, -0.2) is 0 Å². The zero-order valence-electron chi connectivity index (χ0n) is 9.74. The largest absolute Gasteiger partial charge is 0.359 e. The number of carbonyl (C=O) groups excluding carboxylic acids is 2. The maximum atomic E-state index is 11.5. The van der Waals surface area contributed by atoms with Crippen LogP contribution in [-0.2, 0) is 9.59 Å². The number of hydrogen-bond donors (Lipinski definition) is 2. The van der Waals surface area contributed by atoms with Gasteiger partial charge in [0.2, 0.25) is 5.91 Å². The van der Waals surface area contributed by atoms with E-state index < -0.39 is 0 Å². The minimum absolute atomic E-state index is 0.0958. The first-order valence-corrected chi connectivity index (χ1v) is 6.08. The van der Waals surface area contributed by atoms with Gasteiger partial charge in [-0.15, -0.1) is 11.8 Å². The van der Waals surface area contributed by atoms with Crippen LogP contribution in [0.3, 0.4) is 0 Å². The fourth-order valence-corrected chi connectivity index (χ4v) is 1.27. The minimum atomic E-state index is -0.206. The molecule has 0 spiro atoms. The molecule has 0 saturated carbocycles. The maximum Gasteiger partial charge on any atom is 0.259 e. The van der Waals surface area contributed by atoms with Crippen LogP contribution in [0.15, 0.2) is 16.1 Å². The molecule has 0 aromatic carbocycles. The van der Waals surface area contributed by atoms with Crippen molar-refractivity contribution in [3.05, 3.63) is 11.1 Å². The monoisotopic (exact) mass is 243 g/mol. The summed E-state index contributed by atoms with van der Waals surface area (Å²) in [5, 5.41) is 5.13. The predicted molar refractivity (Wildman–Crippen MR) is 67.5 cm³/mol. The van der Waals surface area contributed by atoms with E-state index >= 15 is 0 Å². The van der Waals surface area contributed by atoms with E-state index in [0.717, 1.165) is 0 Å². The number of thioether (sulfide) groups is 1. The van der Waals surface area contributed by atoms with Crippen molar-refractivity contribution in [2.24, 2.45) is 4.99 Å². The topological polar surface area (TPSA) is 70.6 Å². The molecule has 0 fully saturated rings. The second-order valence-corrected chi connectivity index (χ2v) is 3.63. The second-order valence-electron chi connectivity index (χ2n) is 2.78. The number of amides is 2. The SMILES string of the molecule is C/C=N/C=C(\SC)C(=O)NCCC(=O)NC. The summed E-state index contributed by atoms with van der Waals surface area (Å²) in [6.45, 7) is 2.10. The Bertz CT molecular complexity index is 300. The van der Waals surface area contributed by atoms with Crippen molar-refractivity contribution in [1.82, 2.24) is 10.6 Å². The molecule has 0 rings (SSSR count). The van der Waals surface area contributed by atoms with Crippen LogP contribution in [0.5, 0.6) is 0 Å². The number of rotatable bonds is 6. The van der Waals surface area contributed by atoms with Crippen LogP contribution in [0.1, 0.15) is 13.3 Å². The fraction of sp³-hybridized carbons (Fsp3) is 0.500. The third-order valence-electron chi connectivity index (χ3n) is 1.70.